The number of ether oxygens (including phenoxy) is 2. The average Bonchev–Trinajstić information content (AvgIpc) is 2.42. The summed E-state index contributed by atoms with van der Waals surface area (Å²) in [7, 11) is 0. The first kappa shape index (κ1) is 14.6. The third kappa shape index (κ3) is 3.60. The maximum Gasteiger partial charge on any atom is 0.311 e. The summed E-state index contributed by atoms with van der Waals surface area (Å²) in [5.41, 5.74) is -0.0678. The van der Waals surface area contributed by atoms with E-state index in [0.29, 0.717) is 18.1 Å². The van der Waals surface area contributed by atoms with E-state index in [4.69, 9.17) is 9.47 Å². The molecule has 0 bridgehead atoms. The number of nitrogens with zero attached hydrogens (tertiary/aromatic N) is 1. The Bertz CT molecular complexity index is 613. The van der Waals surface area contributed by atoms with Crippen LogP contribution in [0.3, 0.4) is 0 Å². The second-order valence-electron chi connectivity index (χ2n) is 3.88. The molecule has 104 valence electrons. The van der Waals surface area contributed by atoms with Gasteiger partial charge in [0.1, 0.15) is 11.5 Å². The Balaban J connectivity index is 2.26. The third-order valence-corrected chi connectivity index (χ3v) is 3.20. The lowest BCUT2D eigenvalue weighted by Crippen LogP contribution is -1.98. The van der Waals surface area contributed by atoms with E-state index in [1.165, 1.54) is 12.1 Å². The van der Waals surface area contributed by atoms with Crippen LogP contribution in [0.4, 0.5) is 5.69 Å². The van der Waals surface area contributed by atoms with Crippen molar-refractivity contribution in [2.75, 3.05) is 6.61 Å². The Labute approximate surface area is 129 Å². The smallest absolute Gasteiger partial charge is 0.311 e. The van der Waals surface area contributed by atoms with E-state index in [2.05, 4.69) is 22.6 Å². The summed E-state index contributed by atoms with van der Waals surface area (Å²) in [4.78, 5) is 10.4. The van der Waals surface area contributed by atoms with Gasteiger partial charge in [0.05, 0.1) is 11.5 Å². The second kappa shape index (κ2) is 6.56. The molecule has 0 N–H and O–H groups in total. The Morgan fingerprint density at radius 1 is 1.15 bits per heavy atom. The van der Waals surface area contributed by atoms with Gasteiger partial charge in [0.2, 0.25) is 5.75 Å². The molecule has 0 saturated carbocycles. The largest absolute Gasteiger partial charge is 0.487 e. The van der Waals surface area contributed by atoms with E-state index in [9.17, 15) is 10.1 Å². The van der Waals surface area contributed by atoms with Crippen LogP contribution >= 0.6 is 22.6 Å². The zero-order valence-corrected chi connectivity index (χ0v) is 12.9. The fraction of sp³-hybridized carbons (Fsp3) is 0.143. The quantitative estimate of drug-likeness (QED) is 0.435. The summed E-state index contributed by atoms with van der Waals surface area (Å²) in [5, 5.41) is 10.9. The van der Waals surface area contributed by atoms with Gasteiger partial charge >= 0.3 is 5.69 Å². The highest BCUT2D eigenvalue weighted by molar-refractivity contribution is 14.1. The van der Waals surface area contributed by atoms with Crippen LogP contribution in [-0.4, -0.2) is 11.5 Å². The number of rotatable bonds is 5. The minimum atomic E-state index is -0.473. The van der Waals surface area contributed by atoms with Crippen molar-refractivity contribution < 1.29 is 14.4 Å². The van der Waals surface area contributed by atoms with Crippen LogP contribution in [0.5, 0.6) is 17.2 Å². The van der Waals surface area contributed by atoms with Crippen LogP contribution in [0.15, 0.2) is 42.5 Å². The topological polar surface area (TPSA) is 61.6 Å². The molecule has 5 nitrogen and oxygen atoms in total. The molecule has 2 aromatic rings. The van der Waals surface area contributed by atoms with Gasteiger partial charge in [-0.2, -0.15) is 0 Å². The van der Waals surface area contributed by atoms with Crippen LogP contribution in [0, 0.1) is 13.7 Å². The molecular formula is C14H12INO4. The monoisotopic (exact) mass is 385 g/mol. The van der Waals surface area contributed by atoms with Crippen molar-refractivity contribution in [1.82, 2.24) is 0 Å². The second-order valence-corrected chi connectivity index (χ2v) is 5.12. The first-order chi connectivity index (χ1) is 9.60. The Morgan fingerprint density at radius 3 is 2.40 bits per heavy atom. The van der Waals surface area contributed by atoms with Gasteiger partial charge < -0.3 is 9.47 Å². The number of halogens is 1. The van der Waals surface area contributed by atoms with E-state index >= 15 is 0 Å². The maximum absolute atomic E-state index is 10.9. The predicted molar refractivity (Wildman–Crippen MR) is 83.5 cm³/mol. The highest BCUT2D eigenvalue weighted by atomic mass is 127. The van der Waals surface area contributed by atoms with Crippen molar-refractivity contribution in [3.63, 3.8) is 0 Å². The molecule has 2 rings (SSSR count). The van der Waals surface area contributed by atoms with Crippen molar-refractivity contribution >= 4 is 28.3 Å². The molecule has 0 saturated heterocycles. The fourth-order valence-corrected chi connectivity index (χ4v) is 1.98. The highest BCUT2D eigenvalue weighted by Crippen LogP contribution is 2.33. The first-order valence-corrected chi connectivity index (χ1v) is 7.02. The molecule has 0 atom stereocenters. The van der Waals surface area contributed by atoms with Crippen molar-refractivity contribution in [1.29, 1.82) is 0 Å². The Morgan fingerprint density at radius 2 is 1.80 bits per heavy atom. The van der Waals surface area contributed by atoms with Gasteiger partial charge in [0.25, 0.3) is 0 Å². The van der Waals surface area contributed by atoms with Gasteiger partial charge in [-0.25, -0.2) is 0 Å². The summed E-state index contributed by atoms with van der Waals surface area (Å²) in [6.45, 7) is 2.13. The molecule has 6 heteroatoms. The zero-order valence-electron chi connectivity index (χ0n) is 10.7. The minimum Gasteiger partial charge on any atom is -0.487 e. The average molecular weight is 385 g/mol. The normalized spacial score (nSPS) is 10.1. The minimum absolute atomic E-state index is 0.0678. The van der Waals surface area contributed by atoms with E-state index < -0.39 is 4.92 Å². The standard InChI is InChI=1S/C14H12INO4/c1-2-19-14-9-12(7-8-13(14)16(17)18)20-11-5-3-10(15)4-6-11/h3-9H,2H2,1H3. The Hall–Kier alpha value is -1.83. The molecule has 0 aliphatic carbocycles. The van der Waals surface area contributed by atoms with Gasteiger partial charge in [-0.05, 0) is 59.8 Å². The van der Waals surface area contributed by atoms with Gasteiger partial charge in [-0.3, -0.25) is 10.1 Å². The molecule has 0 amide bonds. The molecule has 0 unspecified atom stereocenters. The third-order valence-electron chi connectivity index (χ3n) is 2.48. The molecule has 2 aromatic carbocycles. The highest BCUT2D eigenvalue weighted by Gasteiger charge is 2.16. The van der Waals surface area contributed by atoms with E-state index in [1.54, 1.807) is 13.0 Å². The molecule has 20 heavy (non-hydrogen) atoms. The first-order valence-electron chi connectivity index (χ1n) is 5.95. The number of nitro groups is 1. The van der Waals surface area contributed by atoms with Gasteiger partial charge in [-0.15, -0.1) is 0 Å². The van der Waals surface area contributed by atoms with E-state index in [0.717, 1.165) is 3.57 Å². The number of hydrogen-bond acceptors (Lipinski definition) is 4. The van der Waals surface area contributed by atoms with E-state index in [-0.39, 0.29) is 11.4 Å². The van der Waals surface area contributed by atoms with Crippen LogP contribution < -0.4 is 9.47 Å². The van der Waals surface area contributed by atoms with Crippen LogP contribution in [-0.2, 0) is 0 Å². The molecule has 0 aliphatic heterocycles. The lowest BCUT2D eigenvalue weighted by atomic mass is 10.2. The molecule has 0 radical (unpaired) electrons. The number of hydrogen-bond donors (Lipinski definition) is 0. The van der Waals surface area contributed by atoms with E-state index in [1.807, 2.05) is 24.3 Å². The van der Waals surface area contributed by atoms with Crippen LogP contribution in [0.25, 0.3) is 0 Å². The van der Waals surface area contributed by atoms with Crippen molar-refractivity contribution in [2.45, 2.75) is 6.92 Å². The van der Waals surface area contributed by atoms with Crippen molar-refractivity contribution in [3.8, 4) is 17.2 Å². The predicted octanol–water partition coefficient (Wildman–Crippen LogP) is 4.39. The van der Waals surface area contributed by atoms with Gasteiger partial charge in [-0.1, -0.05) is 0 Å². The maximum atomic E-state index is 10.9. The van der Waals surface area contributed by atoms with Crippen LogP contribution in [0.1, 0.15) is 6.92 Å². The number of nitro benzene ring substituents is 1. The summed E-state index contributed by atoms with van der Waals surface area (Å²) >= 11 is 2.20. The van der Waals surface area contributed by atoms with Crippen molar-refractivity contribution in [2.24, 2.45) is 0 Å². The molecule has 0 spiro atoms. The van der Waals surface area contributed by atoms with Crippen molar-refractivity contribution in [3.05, 3.63) is 56.1 Å². The Kier molecular flexibility index (Phi) is 4.78. The zero-order chi connectivity index (χ0) is 14.5. The molecule has 0 heterocycles. The molecule has 0 aromatic heterocycles. The molecule has 0 fully saturated rings. The molecular weight excluding hydrogens is 373 g/mol. The summed E-state index contributed by atoms with van der Waals surface area (Å²) in [6.07, 6.45) is 0. The summed E-state index contributed by atoms with van der Waals surface area (Å²) < 4.78 is 12.0. The lowest BCUT2D eigenvalue weighted by molar-refractivity contribution is -0.385. The van der Waals surface area contributed by atoms with Gasteiger partial charge in [0.15, 0.2) is 0 Å². The van der Waals surface area contributed by atoms with Crippen LogP contribution in [0.2, 0.25) is 0 Å². The molecule has 0 aliphatic rings. The fourth-order valence-electron chi connectivity index (χ4n) is 1.62. The summed E-state index contributed by atoms with van der Waals surface area (Å²) in [5.74, 6) is 1.38. The lowest BCUT2D eigenvalue weighted by Gasteiger charge is -2.08. The summed E-state index contributed by atoms with van der Waals surface area (Å²) in [6, 6.07) is 12.0. The number of benzene rings is 2. The SMILES string of the molecule is CCOc1cc(Oc2ccc(I)cc2)ccc1[N+](=O)[O-]. The van der Waals surface area contributed by atoms with Gasteiger partial charge in [0, 0.05) is 15.7 Å².